The molecule has 3 N–H and O–H groups in total. The standard InChI is InChI=1S/C16H25FN2O2/c1-15(2,3)21-14(20)19-13-7-6-12(17)8-11(13)9-16(4,5)10-18/h6-8H,9-10,18H2,1-5H3,(H,19,20). The molecule has 0 heterocycles. The molecule has 1 amide bonds. The quantitative estimate of drug-likeness (QED) is 0.890. The highest BCUT2D eigenvalue weighted by atomic mass is 19.1. The predicted molar refractivity (Wildman–Crippen MR) is 82.8 cm³/mol. The lowest BCUT2D eigenvalue weighted by Crippen LogP contribution is -2.29. The van der Waals surface area contributed by atoms with Crippen molar-refractivity contribution in [3.8, 4) is 0 Å². The van der Waals surface area contributed by atoms with Gasteiger partial charge in [-0.2, -0.15) is 0 Å². The molecule has 0 bridgehead atoms. The Labute approximate surface area is 125 Å². The summed E-state index contributed by atoms with van der Waals surface area (Å²) in [5, 5.41) is 2.67. The number of benzene rings is 1. The van der Waals surface area contributed by atoms with Gasteiger partial charge in [0, 0.05) is 5.69 Å². The first-order valence-corrected chi connectivity index (χ1v) is 7.01. The van der Waals surface area contributed by atoms with Gasteiger partial charge in [0.25, 0.3) is 0 Å². The molecule has 1 aromatic rings. The van der Waals surface area contributed by atoms with E-state index in [1.165, 1.54) is 12.1 Å². The fourth-order valence-electron chi connectivity index (χ4n) is 1.83. The van der Waals surface area contributed by atoms with E-state index in [-0.39, 0.29) is 11.2 Å². The summed E-state index contributed by atoms with van der Waals surface area (Å²) >= 11 is 0. The van der Waals surface area contributed by atoms with Gasteiger partial charge in [-0.15, -0.1) is 0 Å². The van der Waals surface area contributed by atoms with E-state index in [0.717, 1.165) is 0 Å². The number of ether oxygens (including phenoxy) is 1. The Morgan fingerprint density at radius 3 is 2.43 bits per heavy atom. The Hall–Kier alpha value is -1.62. The lowest BCUT2D eigenvalue weighted by molar-refractivity contribution is 0.0635. The normalized spacial score (nSPS) is 12.1. The Morgan fingerprint density at radius 1 is 1.29 bits per heavy atom. The van der Waals surface area contributed by atoms with Gasteiger partial charge in [0.05, 0.1) is 0 Å². The van der Waals surface area contributed by atoms with E-state index in [1.54, 1.807) is 26.8 Å². The van der Waals surface area contributed by atoms with Crippen molar-refractivity contribution < 1.29 is 13.9 Å². The maximum absolute atomic E-state index is 13.5. The van der Waals surface area contributed by atoms with Crippen molar-refractivity contribution in [1.82, 2.24) is 0 Å². The number of anilines is 1. The number of amides is 1. The smallest absolute Gasteiger partial charge is 0.412 e. The highest BCUT2D eigenvalue weighted by molar-refractivity contribution is 5.86. The predicted octanol–water partition coefficient (Wildman–Crippen LogP) is 3.70. The third-order valence-electron chi connectivity index (χ3n) is 2.92. The summed E-state index contributed by atoms with van der Waals surface area (Å²) in [4.78, 5) is 11.8. The topological polar surface area (TPSA) is 64.3 Å². The number of rotatable bonds is 4. The van der Waals surface area contributed by atoms with Crippen LogP contribution in [0.1, 0.15) is 40.2 Å². The van der Waals surface area contributed by atoms with E-state index >= 15 is 0 Å². The van der Waals surface area contributed by atoms with Crippen molar-refractivity contribution in [2.24, 2.45) is 11.1 Å². The summed E-state index contributed by atoms with van der Waals surface area (Å²) in [7, 11) is 0. The summed E-state index contributed by atoms with van der Waals surface area (Å²) in [5.74, 6) is -0.340. The van der Waals surface area contributed by atoms with Gasteiger partial charge < -0.3 is 10.5 Å². The highest BCUT2D eigenvalue weighted by Gasteiger charge is 2.21. The van der Waals surface area contributed by atoms with Crippen LogP contribution in [0, 0.1) is 11.2 Å². The minimum Gasteiger partial charge on any atom is -0.444 e. The Morgan fingerprint density at radius 2 is 1.90 bits per heavy atom. The summed E-state index contributed by atoms with van der Waals surface area (Å²) in [6.07, 6.45) is 0.00719. The number of nitrogens with two attached hydrogens (primary N) is 1. The van der Waals surface area contributed by atoms with Gasteiger partial charge in [-0.3, -0.25) is 5.32 Å². The van der Waals surface area contributed by atoms with Crippen LogP contribution in [-0.2, 0) is 11.2 Å². The van der Waals surface area contributed by atoms with Crippen LogP contribution in [0.25, 0.3) is 0 Å². The fourth-order valence-corrected chi connectivity index (χ4v) is 1.83. The zero-order chi connectivity index (χ0) is 16.3. The lowest BCUT2D eigenvalue weighted by atomic mass is 9.85. The molecule has 1 rings (SSSR count). The van der Waals surface area contributed by atoms with Gasteiger partial charge in [-0.05, 0) is 62.9 Å². The van der Waals surface area contributed by atoms with Gasteiger partial charge in [0.15, 0.2) is 0 Å². The molecule has 0 unspecified atom stereocenters. The lowest BCUT2D eigenvalue weighted by Gasteiger charge is -2.25. The minimum absolute atomic E-state index is 0.182. The molecule has 0 saturated heterocycles. The zero-order valence-corrected chi connectivity index (χ0v) is 13.4. The molecule has 0 saturated carbocycles. The third-order valence-corrected chi connectivity index (χ3v) is 2.92. The zero-order valence-electron chi connectivity index (χ0n) is 13.4. The fraction of sp³-hybridized carbons (Fsp3) is 0.562. The number of carbonyl (C=O) groups is 1. The first-order valence-electron chi connectivity index (χ1n) is 7.01. The Kier molecular flexibility index (Phi) is 5.34. The van der Waals surface area contributed by atoms with Crippen molar-refractivity contribution in [3.63, 3.8) is 0 Å². The van der Waals surface area contributed by atoms with Crippen LogP contribution in [0.2, 0.25) is 0 Å². The molecular formula is C16H25FN2O2. The van der Waals surface area contributed by atoms with Crippen molar-refractivity contribution in [2.45, 2.75) is 46.6 Å². The minimum atomic E-state index is -0.583. The van der Waals surface area contributed by atoms with Crippen LogP contribution >= 0.6 is 0 Å². The number of hydrogen-bond donors (Lipinski definition) is 2. The van der Waals surface area contributed by atoms with E-state index in [2.05, 4.69) is 5.32 Å². The van der Waals surface area contributed by atoms with Crippen LogP contribution in [0.3, 0.4) is 0 Å². The van der Waals surface area contributed by atoms with Gasteiger partial charge in [-0.1, -0.05) is 13.8 Å². The van der Waals surface area contributed by atoms with Gasteiger partial charge in [-0.25, -0.2) is 9.18 Å². The third kappa shape index (κ3) is 6.12. The number of carbonyl (C=O) groups excluding carboxylic acids is 1. The Balaban J connectivity index is 2.94. The molecule has 0 aromatic heterocycles. The highest BCUT2D eigenvalue weighted by Crippen LogP contribution is 2.27. The summed E-state index contributed by atoms with van der Waals surface area (Å²) in [6.45, 7) is 9.82. The maximum Gasteiger partial charge on any atom is 0.412 e. The molecule has 0 aliphatic rings. The SMILES string of the molecule is CC(C)(CN)Cc1cc(F)ccc1NC(=O)OC(C)(C)C. The average molecular weight is 296 g/mol. The van der Waals surface area contributed by atoms with E-state index < -0.39 is 11.7 Å². The first-order chi connectivity index (χ1) is 9.52. The average Bonchev–Trinajstić information content (AvgIpc) is 2.30. The number of hydrogen-bond acceptors (Lipinski definition) is 3. The molecule has 0 aliphatic heterocycles. The van der Waals surface area contributed by atoms with Crippen molar-refractivity contribution in [2.75, 3.05) is 11.9 Å². The van der Waals surface area contributed by atoms with Crippen LogP contribution in [0.4, 0.5) is 14.9 Å². The molecule has 0 aliphatic carbocycles. The first kappa shape index (κ1) is 17.4. The van der Waals surface area contributed by atoms with Crippen LogP contribution < -0.4 is 11.1 Å². The Bertz CT molecular complexity index is 507. The summed E-state index contributed by atoms with van der Waals surface area (Å²) in [5.41, 5.74) is 6.21. The van der Waals surface area contributed by atoms with Gasteiger partial charge in [0.2, 0.25) is 0 Å². The van der Waals surface area contributed by atoms with E-state index in [9.17, 15) is 9.18 Å². The van der Waals surface area contributed by atoms with Gasteiger partial charge in [0.1, 0.15) is 11.4 Å². The molecule has 0 spiro atoms. The van der Waals surface area contributed by atoms with Crippen LogP contribution in [0.5, 0.6) is 0 Å². The van der Waals surface area contributed by atoms with Crippen molar-refractivity contribution in [3.05, 3.63) is 29.6 Å². The molecule has 4 nitrogen and oxygen atoms in total. The van der Waals surface area contributed by atoms with Crippen LogP contribution in [-0.4, -0.2) is 18.2 Å². The van der Waals surface area contributed by atoms with E-state index in [0.29, 0.717) is 24.2 Å². The summed E-state index contributed by atoms with van der Waals surface area (Å²) in [6, 6.07) is 4.27. The molecular weight excluding hydrogens is 271 g/mol. The van der Waals surface area contributed by atoms with Crippen LogP contribution in [0.15, 0.2) is 18.2 Å². The second kappa shape index (κ2) is 6.43. The number of halogens is 1. The number of nitrogens with one attached hydrogen (secondary N) is 1. The monoisotopic (exact) mass is 296 g/mol. The largest absolute Gasteiger partial charge is 0.444 e. The maximum atomic E-state index is 13.5. The molecule has 5 heteroatoms. The van der Waals surface area contributed by atoms with E-state index in [1.807, 2.05) is 13.8 Å². The van der Waals surface area contributed by atoms with Crippen molar-refractivity contribution >= 4 is 11.8 Å². The molecule has 0 radical (unpaired) electrons. The van der Waals surface area contributed by atoms with E-state index in [4.69, 9.17) is 10.5 Å². The van der Waals surface area contributed by atoms with Crippen molar-refractivity contribution in [1.29, 1.82) is 0 Å². The second-order valence-electron chi connectivity index (χ2n) is 6.97. The summed E-state index contributed by atoms with van der Waals surface area (Å²) < 4.78 is 18.7. The molecule has 118 valence electrons. The molecule has 21 heavy (non-hydrogen) atoms. The molecule has 0 atom stereocenters. The molecule has 1 aromatic carbocycles. The molecule has 0 fully saturated rings. The second-order valence-corrected chi connectivity index (χ2v) is 6.97. The van der Waals surface area contributed by atoms with Gasteiger partial charge >= 0.3 is 6.09 Å².